The zero-order chi connectivity index (χ0) is 24.2. The molecule has 7 heteroatoms. The molecule has 1 fully saturated rings. The quantitative estimate of drug-likeness (QED) is 0.299. The van der Waals surface area contributed by atoms with Crippen LogP contribution in [0.4, 0.5) is 0 Å². The molecule has 0 N–H and O–H groups in total. The average Bonchev–Trinajstić information content (AvgIpc) is 3.45. The topological polar surface area (TPSA) is 45.7 Å². The fourth-order valence-corrected chi connectivity index (χ4v) is 6.35. The molecule has 0 aliphatic carbocycles. The van der Waals surface area contributed by atoms with E-state index >= 15 is 0 Å². The van der Waals surface area contributed by atoms with E-state index in [1.807, 2.05) is 28.5 Å². The van der Waals surface area contributed by atoms with Gasteiger partial charge in [-0.15, -0.1) is 22.7 Å². The maximum absolute atomic E-state index is 12.6. The third kappa shape index (κ3) is 6.28. The molecule has 1 saturated heterocycles. The summed E-state index contributed by atoms with van der Waals surface area (Å²) in [5.41, 5.74) is 2.16. The summed E-state index contributed by atoms with van der Waals surface area (Å²) in [6.45, 7) is 5.30. The summed E-state index contributed by atoms with van der Waals surface area (Å²) in [6.07, 6.45) is 2.28. The van der Waals surface area contributed by atoms with Gasteiger partial charge in [0.15, 0.2) is 0 Å². The highest BCUT2D eigenvalue weighted by Gasteiger charge is 2.24. The van der Waals surface area contributed by atoms with E-state index in [2.05, 4.69) is 71.5 Å². The Hall–Kier alpha value is -2.74. The molecule has 0 saturated carbocycles. The lowest BCUT2D eigenvalue weighted by atomic mass is 10.1. The zero-order valence-corrected chi connectivity index (χ0v) is 21.9. The van der Waals surface area contributed by atoms with Gasteiger partial charge >= 0.3 is 0 Å². The summed E-state index contributed by atoms with van der Waals surface area (Å²) in [7, 11) is 2.17. The number of aromatic nitrogens is 1. The minimum atomic E-state index is 0.155. The van der Waals surface area contributed by atoms with E-state index < -0.39 is 0 Å². The summed E-state index contributed by atoms with van der Waals surface area (Å²) in [6, 6.07) is 19.3. The molecule has 0 radical (unpaired) electrons. The second kappa shape index (κ2) is 10.9. The van der Waals surface area contributed by atoms with E-state index in [0.29, 0.717) is 6.42 Å². The highest BCUT2D eigenvalue weighted by molar-refractivity contribution is 7.19. The summed E-state index contributed by atoms with van der Waals surface area (Å²) < 4.78 is 7.58. The lowest BCUT2D eigenvalue weighted by molar-refractivity contribution is -0.132. The van der Waals surface area contributed by atoms with Gasteiger partial charge in [0.05, 0.1) is 17.1 Å². The van der Waals surface area contributed by atoms with E-state index in [4.69, 9.17) is 4.74 Å². The molecule has 1 aliphatic rings. The molecule has 0 atom stereocenters. The summed E-state index contributed by atoms with van der Waals surface area (Å²) in [4.78, 5) is 22.7. The van der Waals surface area contributed by atoms with Crippen LogP contribution in [0.5, 0.6) is 5.75 Å². The standard InChI is InChI=1S/C28H31N3O2S2/c1-20-29-23(19-34-20)16-28(32)31-13-11-25(12-14-31)33-24-9-7-21(8-10-24)17-30(2)18-26-15-22-5-3-4-6-27(22)35-26/h3-10,15,19,25H,11-14,16-18H2,1-2H3. The Morgan fingerprint density at radius 1 is 1.11 bits per heavy atom. The molecular formula is C28H31N3O2S2. The molecule has 2 aromatic heterocycles. The van der Waals surface area contributed by atoms with Crippen molar-refractivity contribution in [3.05, 3.63) is 81.1 Å². The van der Waals surface area contributed by atoms with Crippen molar-refractivity contribution in [1.82, 2.24) is 14.8 Å². The highest BCUT2D eigenvalue weighted by atomic mass is 32.1. The number of thiophene rings is 1. The smallest absolute Gasteiger partial charge is 0.228 e. The van der Waals surface area contributed by atoms with Crippen LogP contribution in [0.3, 0.4) is 0 Å². The van der Waals surface area contributed by atoms with Gasteiger partial charge < -0.3 is 9.64 Å². The Morgan fingerprint density at radius 3 is 2.60 bits per heavy atom. The Labute approximate surface area is 215 Å². The van der Waals surface area contributed by atoms with Crippen LogP contribution in [0.1, 0.15) is 34.0 Å². The van der Waals surface area contributed by atoms with Crippen LogP contribution < -0.4 is 4.74 Å². The van der Waals surface area contributed by atoms with Crippen molar-refractivity contribution < 1.29 is 9.53 Å². The first-order valence-electron chi connectivity index (χ1n) is 12.1. The fourth-order valence-electron chi connectivity index (χ4n) is 4.59. The lowest BCUT2D eigenvalue weighted by Crippen LogP contribution is -2.42. The van der Waals surface area contributed by atoms with Gasteiger partial charge in [0.25, 0.3) is 0 Å². The Kier molecular flexibility index (Phi) is 7.46. The molecule has 0 spiro atoms. The van der Waals surface area contributed by atoms with Crippen molar-refractivity contribution in [3.8, 4) is 5.75 Å². The Morgan fingerprint density at radius 2 is 1.89 bits per heavy atom. The molecule has 3 heterocycles. The summed E-state index contributed by atoms with van der Waals surface area (Å²) >= 11 is 3.47. The van der Waals surface area contributed by atoms with Crippen LogP contribution in [0, 0.1) is 6.92 Å². The SMILES string of the molecule is Cc1nc(CC(=O)N2CCC(Oc3ccc(CN(C)Cc4cc5ccccc5s4)cc3)CC2)cs1. The van der Waals surface area contributed by atoms with Gasteiger partial charge in [0, 0.05) is 54.0 Å². The van der Waals surface area contributed by atoms with Gasteiger partial charge in [0.2, 0.25) is 5.91 Å². The van der Waals surface area contributed by atoms with Crippen LogP contribution in [0.2, 0.25) is 0 Å². The van der Waals surface area contributed by atoms with E-state index in [9.17, 15) is 4.79 Å². The number of fused-ring (bicyclic) bond motifs is 1. The number of amides is 1. The van der Waals surface area contributed by atoms with Crippen LogP contribution in [-0.4, -0.2) is 46.9 Å². The van der Waals surface area contributed by atoms with Gasteiger partial charge in [0.1, 0.15) is 11.9 Å². The van der Waals surface area contributed by atoms with Gasteiger partial charge in [-0.2, -0.15) is 0 Å². The van der Waals surface area contributed by atoms with E-state index in [1.165, 1.54) is 20.5 Å². The number of benzene rings is 2. The number of piperidine rings is 1. The second-order valence-electron chi connectivity index (χ2n) is 9.30. The maximum atomic E-state index is 12.6. The molecule has 182 valence electrons. The fraction of sp³-hybridized carbons (Fsp3) is 0.357. The molecular weight excluding hydrogens is 474 g/mol. The number of likely N-dealkylation sites (tertiary alicyclic amines) is 1. The van der Waals surface area contributed by atoms with Crippen LogP contribution in [0.25, 0.3) is 10.1 Å². The van der Waals surface area contributed by atoms with E-state index in [0.717, 1.165) is 55.5 Å². The lowest BCUT2D eigenvalue weighted by Gasteiger charge is -2.32. The van der Waals surface area contributed by atoms with Gasteiger partial charge in [-0.25, -0.2) is 4.98 Å². The van der Waals surface area contributed by atoms with Gasteiger partial charge in [-0.05, 0) is 49.2 Å². The number of hydrogen-bond donors (Lipinski definition) is 0. The van der Waals surface area contributed by atoms with E-state index in [1.54, 1.807) is 11.3 Å². The number of rotatable bonds is 8. The number of hydrogen-bond acceptors (Lipinski definition) is 6. The van der Waals surface area contributed by atoms with Gasteiger partial charge in [-0.3, -0.25) is 9.69 Å². The van der Waals surface area contributed by atoms with Crippen molar-refractivity contribution in [2.24, 2.45) is 0 Å². The maximum Gasteiger partial charge on any atom is 0.228 e. The number of carbonyl (C=O) groups is 1. The second-order valence-corrected chi connectivity index (χ2v) is 11.5. The largest absolute Gasteiger partial charge is 0.490 e. The molecule has 4 aromatic rings. The third-order valence-electron chi connectivity index (χ3n) is 6.37. The molecule has 1 amide bonds. The minimum Gasteiger partial charge on any atom is -0.490 e. The minimum absolute atomic E-state index is 0.155. The van der Waals surface area contributed by atoms with Crippen molar-refractivity contribution in [2.45, 2.75) is 45.4 Å². The number of nitrogens with zero attached hydrogens (tertiary/aromatic N) is 3. The number of aryl methyl sites for hydroxylation is 1. The van der Waals surface area contributed by atoms with Crippen molar-refractivity contribution in [3.63, 3.8) is 0 Å². The van der Waals surface area contributed by atoms with Crippen LogP contribution in [0.15, 0.2) is 60.0 Å². The molecule has 5 nitrogen and oxygen atoms in total. The molecule has 1 aliphatic heterocycles. The first-order chi connectivity index (χ1) is 17.0. The van der Waals surface area contributed by atoms with Crippen molar-refractivity contribution >= 4 is 38.7 Å². The average molecular weight is 506 g/mol. The van der Waals surface area contributed by atoms with E-state index in [-0.39, 0.29) is 12.0 Å². The third-order valence-corrected chi connectivity index (χ3v) is 8.30. The zero-order valence-electron chi connectivity index (χ0n) is 20.3. The number of thiazole rings is 1. The van der Waals surface area contributed by atoms with Crippen molar-refractivity contribution in [1.29, 1.82) is 0 Å². The molecule has 0 unspecified atom stereocenters. The Bertz CT molecular complexity index is 1240. The molecule has 2 aromatic carbocycles. The predicted octanol–water partition coefficient (Wildman–Crippen LogP) is 5.91. The first kappa shape index (κ1) is 24.0. The predicted molar refractivity (Wildman–Crippen MR) is 144 cm³/mol. The normalized spacial score (nSPS) is 14.7. The van der Waals surface area contributed by atoms with Gasteiger partial charge in [-0.1, -0.05) is 30.3 Å². The highest BCUT2D eigenvalue weighted by Crippen LogP contribution is 2.27. The summed E-state index contributed by atoms with van der Waals surface area (Å²) in [5.74, 6) is 1.07. The first-order valence-corrected chi connectivity index (χ1v) is 13.8. The molecule has 5 rings (SSSR count). The van der Waals surface area contributed by atoms with Crippen molar-refractivity contribution in [2.75, 3.05) is 20.1 Å². The number of ether oxygens (including phenoxy) is 1. The van der Waals surface area contributed by atoms with Crippen LogP contribution in [-0.2, 0) is 24.3 Å². The summed E-state index contributed by atoms with van der Waals surface area (Å²) in [5, 5.41) is 4.31. The monoisotopic (exact) mass is 505 g/mol. The molecule has 35 heavy (non-hydrogen) atoms. The molecule has 0 bridgehead atoms. The number of carbonyl (C=O) groups excluding carboxylic acids is 1. The Balaban J connectivity index is 1.07. The van der Waals surface area contributed by atoms with Crippen LogP contribution >= 0.6 is 22.7 Å².